The Balaban J connectivity index is 2.40. The smallest absolute Gasteiger partial charge is 0.0184 e. The predicted octanol–water partition coefficient (Wildman–Crippen LogP) is 2.74. The molecule has 0 amide bonds. The predicted molar refractivity (Wildman–Crippen MR) is 56.1 cm³/mol. The Morgan fingerprint density at radius 3 is 1.64 bits per heavy atom. The fraction of sp³-hybridized carbons (Fsp3) is 0.0769. The molecule has 0 saturated carbocycles. The van der Waals surface area contributed by atoms with E-state index in [-0.39, 0.29) is 5.75 Å². The monoisotopic (exact) mass is 183 g/mol. The summed E-state index contributed by atoms with van der Waals surface area (Å²) in [5.74, 6) is 0.0564. The second kappa shape index (κ2) is 3.54. The maximum absolute atomic E-state index is 10.9. The van der Waals surface area contributed by atoms with Gasteiger partial charge in [-0.2, -0.15) is 0 Å². The van der Waals surface area contributed by atoms with Gasteiger partial charge >= 0.3 is 0 Å². The molecule has 0 saturated heterocycles. The summed E-state index contributed by atoms with van der Waals surface area (Å²) in [6.45, 7) is 2.06. The third-order valence-corrected chi connectivity index (χ3v) is 2.24. The maximum Gasteiger partial charge on any atom is -0.0184 e. The van der Waals surface area contributed by atoms with Crippen molar-refractivity contribution in [2.24, 2.45) is 0 Å². The lowest BCUT2D eigenvalue weighted by Gasteiger charge is -2.06. The van der Waals surface area contributed by atoms with Crippen LogP contribution >= 0.6 is 0 Å². The van der Waals surface area contributed by atoms with E-state index in [0.717, 1.165) is 11.1 Å². The summed E-state index contributed by atoms with van der Waals surface area (Å²) < 4.78 is 0. The summed E-state index contributed by atoms with van der Waals surface area (Å²) in [5, 5.41) is 10.9. The van der Waals surface area contributed by atoms with E-state index in [1.807, 2.05) is 12.1 Å². The molecule has 0 aliphatic heterocycles. The first-order valence-corrected chi connectivity index (χ1v) is 4.60. The lowest BCUT2D eigenvalue weighted by Crippen LogP contribution is -1.87. The van der Waals surface area contributed by atoms with Crippen molar-refractivity contribution in [3.8, 4) is 16.9 Å². The summed E-state index contributed by atoms with van der Waals surface area (Å²) in [5.41, 5.74) is 3.48. The number of hydrogen-bond donors (Lipinski definition) is 0. The first kappa shape index (κ1) is 8.82. The Morgan fingerprint density at radius 2 is 1.14 bits per heavy atom. The molecule has 70 valence electrons. The number of benzene rings is 2. The second-order valence-corrected chi connectivity index (χ2v) is 3.39. The molecule has 0 radical (unpaired) electrons. The zero-order valence-corrected chi connectivity index (χ0v) is 8.03. The highest BCUT2D eigenvalue weighted by atomic mass is 16.3. The lowest BCUT2D eigenvalue weighted by atomic mass is 10.0. The molecule has 0 heterocycles. The molecule has 0 aliphatic rings. The molecule has 0 bridgehead atoms. The normalized spacial score (nSPS) is 10.1. The molecule has 0 unspecified atom stereocenters. The zero-order valence-electron chi connectivity index (χ0n) is 8.03. The van der Waals surface area contributed by atoms with Gasteiger partial charge in [-0.25, -0.2) is 0 Å². The molecule has 1 heteroatoms. The van der Waals surface area contributed by atoms with Crippen molar-refractivity contribution >= 4 is 0 Å². The van der Waals surface area contributed by atoms with E-state index in [9.17, 15) is 5.11 Å². The van der Waals surface area contributed by atoms with Gasteiger partial charge in [0.15, 0.2) is 0 Å². The summed E-state index contributed by atoms with van der Waals surface area (Å²) in [6.07, 6.45) is 0. The Bertz CT molecular complexity index is 368. The molecule has 0 fully saturated rings. The van der Waals surface area contributed by atoms with E-state index in [0.29, 0.717) is 0 Å². The molecule has 0 atom stereocenters. The van der Waals surface area contributed by atoms with E-state index < -0.39 is 0 Å². The van der Waals surface area contributed by atoms with Crippen LogP contribution in [-0.2, 0) is 0 Å². The van der Waals surface area contributed by atoms with Crippen LogP contribution in [0.2, 0.25) is 0 Å². The molecule has 2 aromatic carbocycles. The molecule has 0 N–H and O–H groups in total. The van der Waals surface area contributed by atoms with Crippen LogP contribution in [0.15, 0.2) is 48.5 Å². The fourth-order valence-electron chi connectivity index (χ4n) is 1.39. The van der Waals surface area contributed by atoms with Crippen molar-refractivity contribution in [3.05, 3.63) is 54.1 Å². The summed E-state index contributed by atoms with van der Waals surface area (Å²) in [6, 6.07) is 15.2. The Hall–Kier alpha value is -1.76. The van der Waals surface area contributed by atoms with Gasteiger partial charge in [0.1, 0.15) is 0 Å². The van der Waals surface area contributed by atoms with Crippen LogP contribution < -0.4 is 5.11 Å². The third-order valence-electron chi connectivity index (χ3n) is 2.24. The highest BCUT2D eigenvalue weighted by molar-refractivity contribution is 5.64. The number of hydrogen-bond acceptors (Lipinski definition) is 1. The van der Waals surface area contributed by atoms with E-state index >= 15 is 0 Å². The van der Waals surface area contributed by atoms with Crippen molar-refractivity contribution in [1.29, 1.82) is 0 Å². The second-order valence-electron chi connectivity index (χ2n) is 3.39. The van der Waals surface area contributed by atoms with Gasteiger partial charge in [-0.15, -0.1) is 5.75 Å². The quantitative estimate of drug-likeness (QED) is 0.666. The van der Waals surface area contributed by atoms with Crippen molar-refractivity contribution in [2.45, 2.75) is 6.92 Å². The van der Waals surface area contributed by atoms with Crippen LogP contribution in [0, 0.1) is 6.92 Å². The van der Waals surface area contributed by atoms with Gasteiger partial charge in [0, 0.05) is 0 Å². The molecular formula is C13H11O-. The minimum absolute atomic E-state index is 0.0564. The van der Waals surface area contributed by atoms with Crippen LogP contribution in [0.3, 0.4) is 0 Å². The Labute approximate surface area is 83.6 Å². The van der Waals surface area contributed by atoms with Crippen LogP contribution in [0.25, 0.3) is 11.1 Å². The summed E-state index contributed by atoms with van der Waals surface area (Å²) in [7, 11) is 0. The van der Waals surface area contributed by atoms with Gasteiger partial charge in [-0.05, 0) is 18.1 Å². The van der Waals surface area contributed by atoms with Crippen LogP contribution in [0.1, 0.15) is 5.56 Å². The highest BCUT2D eigenvalue weighted by Crippen LogP contribution is 2.20. The van der Waals surface area contributed by atoms with Gasteiger partial charge in [0.25, 0.3) is 0 Å². The molecular weight excluding hydrogens is 172 g/mol. The van der Waals surface area contributed by atoms with Crippen LogP contribution in [0.4, 0.5) is 0 Å². The molecule has 0 aliphatic carbocycles. The topological polar surface area (TPSA) is 23.1 Å². The van der Waals surface area contributed by atoms with Crippen molar-refractivity contribution in [2.75, 3.05) is 0 Å². The van der Waals surface area contributed by atoms with Crippen LogP contribution in [0.5, 0.6) is 5.75 Å². The fourth-order valence-corrected chi connectivity index (χ4v) is 1.39. The zero-order chi connectivity index (χ0) is 9.97. The Kier molecular flexibility index (Phi) is 2.23. The average Bonchev–Trinajstić information content (AvgIpc) is 2.21. The lowest BCUT2D eigenvalue weighted by molar-refractivity contribution is -0.268. The summed E-state index contributed by atoms with van der Waals surface area (Å²) in [4.78, 5) is 0. The standard InChI is InChI=1S/C13H12O/c1-10-2-4-11(5-3-10)12-6-8-13(14)9-7-12/h2-9,14H,1H3/p-1. The first-order valence-electron chi connectivity index (χ1n) is 4.60. The molecule has 2 rings (SSSR count). The molecule has 0 aromatic heterocycles. The molecule has 14 heavy (non-hydrogen) atoms. The van der Waals surface area contributed by atoms with Gasteiger partial charge in [0.05, 0.1) is 0 Å². The van der Waals surface area contributed by atoms with Gasteiger partial charge in [-0.3, -0.25) is 0 Å². The Morgan fingerprint density at radius 1 is 0.714 bits per heavy atom. The maximum atomic E-state index is 10.9. The van der Waals surface area contributed by atoms with Gasteiger partial charge in [0.2, 0.25) is 0 Å². The molecule has 1 nitrogen and oxygen atoms in total. The van der Waals surface area contributed by atoms with E-state index in [1.165, 1.54) is 5.56 Å². The number of aryl methyl sites for hydroxylation is 1. The first-order chi connectivity index (χ1) is 6.75. The van der Waals surface area contributed by atoms with E-state index in [2.05, 4.69) is 31.2 Å². The van der Waals surface area contributed by atoms with Gasteiger partial charge < -0.3 is 5.11 Å². The van der Waals surface area contributed by atoms with Crippen LogP contribution in [-0.4, -0.2) is 0 Å². The van der Waals surface area contributed by atoms with Crippen molar-refractivity contribution in [3.63, 3.8) is 0 Å². The minimum Gasteiger partial charge on any atom is -0.872 e. The summed E-state index contributed by atoms with van der Waals surface area (Å²) >= 11 is 0. The van der Waals surface area contributed by atoms with E-state index in [4.69, 9.17) is 0 Å². The van der Waals surface area contributed by atoms with Crippen molar-refractivity contribution < 1.29 is 5.11 Å². The third kappa shape index (κ3) is 1.77. The SMILES string of the molecule is Cc1ccc(-c2ccc([O-])cc2)cc1. The highest BCUT2D eigenvalue weighted by Gasteiger charge is 1.94. The number of rotatable bonds is 1. The molecule has 2 aromatic rings. The average molecular weight is 183 g/mol. The van der Waals surface area contributed by atoms with E-state index in [1.54, 1.807) is 12.1 Å². The molecule has 0 spiro atoms. The van der Waals surface area contributed by atoms with Crippen molar-refractivity contribution in [1.82, 2.24) is 0 Å². The minimum atomic E-state index is 0.0564. The largest absolute Gasteiger partial charge is 0.872 e. The van der Waals surface area contributed by atoms with Gasteiger partial charge in [-0.1, -0.05) is 54.1 Å².